The number of aromatic amines is 1. The molecule has 6 nitrogen and oxygen atoms in total. The van der Waals surface area contributed by atoms with E-state index in [1.807, 2.05) is 0 Å². The fraction of sp³-hybridized carbons (Fsp3) is 0.154. The normalized spacial score (nSPS) is 10.2. The number of esters is 1. The van der Waals surface area contributed by atoms with Crippen LogP contribution in [0.4, 0.5) is 0 Å². The molecule has 0 atom stereocenters. The van der Waals surface area contributed by atoms with Crippen LogP contribution < -0.4 is 0 Å². The van der Waals surface area contributed by atoms with Gasteiger partial charge in [-0.3, -0.25) is 9.59 Å². The van der Waals surface area contributed by atoms with E-state index in [2.05, 4.69) is 4.98 Å². The van der Waals surface area contributed by atoms with Crippen LogP contribution in [0.1, 0.15) is 38.3 Å². The maximum atomic E-state index is 11.6. The van der Waals surface area contributed by atoms with Gasteiger partial charge in [0.15, 0.2) is 18.2 Å². The number of nitrogens with one attached hydrogen (secondary N) is 1. The third-order valence-corrected chi connectivity index (χ3v) is 2.44. The van der Waals surface area contributed by atoms with Crippen molar-refractivity contribution >= 4 is 17.5 Å². The van der Waals surface area contributed by atoms with Crippen molar-refractivity contribution in [3.8, 4) is 0 Å². The van der Waals surface area contributed by atoms with Crippen LogP contribution in [0, 0.1) is 0 Å². The zero-order valence-electron chi connectivity index (χ0n) is 10.1. The van der Waals surface area contributed by atoms with Gasteiger partial charge in [-0.05, 0) is 25.1 Å². The highest BCUT2D eigenvalue weighted by Crippen LogP contribution is 2.07. The second kappa shape index (κ2) is 5.34. The smallest absolute Gasteiger partial charge is 0.355 e. The molecule has 0 amide bonds. The van der Waals surface area contributed by atoms with Gasteiger partial charge in [0.25, 0.3) is 0 Å². The highest BCUT2D eigenvalue weighted by atomic mass is 16.5. The standard InChI is InChI=1S/C13H11NO5/c1-8(15)9-5-10(14-6-9)13(17)19-7-11(16)12-3-2-4-18-12/h2-6,14H,7H2,1H3. The monoisotopic (exact) mass is 261 g/mol. The van der Waals surface area contributed by atoms with Crippen LogP contribution in [0.2, 0.25) is 0 Å². The zero-order chi connectivity index (χ0) is 13.8. The Bertz CT molecular complexity index is 609. The largest absolute Gasteiger partial charge is 0.461 e. The van der Waals surface area contributed by atoms with Crippen molar-refractivity contribution in [3.63, 3.8) is 0 Å². The summed E-state index contributed by atoms with van der Waals surface area (Å²) in [6, 6.07) is 4.43. The fourth-order valence-electron chi connectivity index (χ4n) is 1.43. The van der Waals surface area contributed by atoms with E-state index in [1.165, 1.54) is 31.5 Å². The second-order valence-electron chi connectivity index (χ2n) is 3.83. The van der Waals surface area contributed by atoms with Gasteiger partial charge in [0.1, 0.15) is 5.69 Å². The number of rotatable bonds is 5. The summed E-state index contributed by atoms with van der Waals surface area (Å²) in [5, 5.41) is 0. The van der Waals surface area contributed by atoms with Gasteiger partial charge in [-0.15, -0.1) is 0 Å². The average Bonchev–Trinajstić information content (AvgIpc) is 3.05. The molecule has 0 spiro atoms. The van der Waals surface area contributed by atoms with Gasteiger partial charge in [-0.2, -0.15) is 0 Å². The first-order chi connectivity index (χ1) is 9.08. The molecule has 0 bridgehead atoms. The summed E-state index contributed by atoms with van der Waals surface area (Å²) in [7, 11) is 0. The van der Waals surface area contributed by atoms with Crippen LogP contribution in [0.15, 0.2) is 35.1 Å². The Hall–Kier alpha value is -2.63. The van der Waals surface area contributed by atoms with Crippen molar-refractivity contribution in [2.24, 2.45) is 0 Å². The van der Waals surface area contributed by atoms with Crippen molar-refractivity contribution in [2.45, 2.75) is 6.92 Å². The number of ketones is 2. The SMILES string of the molecule is CC(=O)c1c[nH]c(C(=O)OCC(=O)c2ccco2)c1. The first-order valence-electron chi connectivity index (χ1n) is 5.51. The Morgan fingerprint density at radius 3 is 2.74 bits per heavy atom. The lowest BCUT2D eigenvalue weighted by atomic mass is 10.2. The van der Waals surface area contributed by atoms with Gasteiger partial charge < -0.3 is 14.1 Å². The topological polar surface area (TPSA) is 89.4 Å². The van der Waals surface area contributed by atoms with Gasteiger partial charge in [0, 0.05) is 11.8 Å². The predicted octanol–water partition coefficient (Wildman–Crippen LogP) is 1.85. The van der Waals surface area contributed by atoms with Gasteiger partial charge in [-0.1, -0.05) is 0 Å². The van der Waals surface area contributed by atoms with Crippen LogP contribution in [0.25, 0.3) is 0 Å². The molecule has 0 aliphatic heterocycles. The number of hydrogen-bond donors (Lipinski definition) is 1. The van der Waals surface area contributed by atoms with Crippen molar-refractivity contribution in [3.05, 3.63) is 47.7 Å². The molecule has 1 N–H and O–H groups in total. The van der Waals surface area contributed by atoms with Gasteiger partial charge >= 0.3 is 5.97 Å². The third kappa shape index (κ3) is 2.98. The molecule has 0 aromatic carbocycles. The molecule has 0 saturated carbocycles. The minimum Gasteiger partial charge on any atom is -0.461 e. The Morgan fingerprint density at radius 1 is 1.37 bits per heavy atom. The number of carbonyl (C=O) groups excluding carboxylic acids is 3. The number of ether oxygens (including phenoxy) is 1. The average molecular weight is 261 g/mol. The third-order valence-electron chi connectivity index (χ3n) is 2.44. The van der Waals surface area contributed by atoms with Crippen LogP contribution in [-0.2, 0) is 4.74 Å². The molecule has 2 heterocycles. The molecule has 6 heteroatoms. The van der Waals surface area contributed by atoms with E-state index in [1.54, 1.807) is 6.07 Å². The molecule has 0 aliphatic rings. The molecular formula is C13H11NO5. The minimum atomic E-state index is -0.701. The number of furan rings is 1. The summed E-state index contributed by atoms with van der Waals surface area (Å²) >= 11 is 0. The van der Waals surface area contributed by atoms with Crippen LogP contribution in [-0.4, -0.2) is 29.1 Å². The van der Waals surface area contributed by atoms with Gasteiger partial charge in [0.2, 0.25) is 5.78 Å². The van der Waals surface area contributed by atoms with Crippen molar-refractivity contribution in [1.29, 1.82) is 0 Å². The first-order valence-corrected chi connectivity index (χ1v) is 5.51. The lowest BCUT2D eigenvalue weighted by Crippen LogP contribution is -2.14. The van der Waals surface area contributed by atoms with Gasteiger partial charge in [0.05, 0.1) is 6.26 Å². The van der Waals surface area contributed by atoms with E-state index in [-0.39, 0.29) is 17.2 Å². The lowest BCUT2D eigenvalue weighted by molar-refractivity contribution is 0.0463. The fourth-order valence-corrected chi connectivity index (χ4v) is 1.43. The molecule has 19 heavy (non-hydrogen) atoms. The first kappa shape index (κ1) is 12.8. The molecule has 2 aromatic rings. The Kier molecular flexibility index (Phi) is 3.61. The van der Waals surface area contributed by atoms with Crippen molar-refractivity contribution < 1.29 is 23.5 Å². The molecule has 0 saturated heterocycles. The summed E-state index contributed by atoms with van der Waals surface area (Å²) in [5.41, 5.74) is 0.502. The maximum absolute atomic E-state index is 11.6. The number of hydrogen-bond acceptors (Lipinski definition) is 5. The molecular weight excluding hydrogens is 250 g/mol. The summed E-state index contributed by atoms with van der Waals surface area (Å²) in [6.07, 6.45) is 2.77. The van der Waals surface area contributed by atoms with Crippen LogP contribution in [0.3, 0.4) is 0 Å². The van der Waals surface area contributed by atoms with Crippen LogP contribution in [0.5, 0.6) is 0 Å². The van der Waals surface area contributed by atoms with E-state index >= 15 is 0 Å². The lowest BCUT2D eigenvalue weighted by Gasteiger charge is -2.00. The highest BCUT2D eigenvalue weighted by molar-refractivity contribution is 5.99. The van der Waals surface area contributed by atoms with E-state index in [9.17, 15) is 14.4 Å². The molecule has 0 radical (unpaired) electrons. The Morgan fingerprint density at radius 2 is 2.16 bits per heavy atom. The summed E-state index contributed by atoms with van der Waals surface area (Å²) < 4.78 is 9.69. The zero-order valence-corrected chi connectivity index (χ0v) is 10.1. The molecule has 0 aliphatic carbocycles. The molecule has 2 aromatic heterocycles. The van der Waals surface area contributed by atoms with Crippen molar-refractivity contribution in [1.82, 2.24) is 4.98 Å². The number of aromatic nitrogens is 1. The summed E-state index contributed by atoms with van der Waals surface area (Å²) in [6.45, 7) is 0.972. The number of carbonyl (C=O) groups is 3. The molecule has 98 valence electrons. The molecule has 0 fully saturated rings. The number of H-pyrrole nitrogens is 1. The minimum absolute atomic E-state index is 0.123. The quantitative estimate of drug-likeness (QED) is 0.655. The van der Waals surface area contributed by atoms with E-state index in [4.69, 9.17) is 9.15 Å². The maximum Gasteiger partial charge on any atom is 0.355 e. The van der Waals surface area contributed by atoms with Crippen molar-refractivity contribution in [2.75, 3.05) is 6.61 Å². The van der Waals surface area contributed by atoms with E-state index in [0.717, 1.165) is 0 Å². The number of Topliss-reactive ketones (excluding diaryl/α,β-unsaturated/α-hetero) is 2. The Labute approximate surface area is 108 Å². The highest BCUT2D eigenvalue weighted by Gasteiger charge is 2.15. The second-order valence-corrected chi connectivity index (χ2v) is 3.83. The Balaban J connectivity index is 1.94. The summed E-state index contributed by atoms with van der Waals surface area (Å²) in [4.78, 5) is 36.8. The molecule has 0 unspecified atom stereocenters. The molecule has 2 rings (SSSR count). The van der Waals surface area contributed by atoms with E-state index < -0.39 is 18.4 Å². The summed E-state index contributed by atoms with van der Waals surface area (Å²) in [5.74, 6) is -1.17. The van der Waals surface area contributed by atoms with Gasteiger partial charge in [-0.25, -0.2) is 4.79 Å². The predicted molar refractivity (Wildman–Crippen MR) is 64.1 cm³/mol. The van der Waals surface area contributed by atoms with Crippen LogP contribution >= 0.6 is 0 Å². The van der Waals surface area contributed by atoms with E-state index in [0.29, 0.717) is 5.56 Å².